The number of benzene rings is 2. The van der Waals surface area contributed by atoms with Crippen LogP contribution in [0.3, 0.4) is 0 Å². The maximum atomic E-state index is 9.45. The van der Waals surface area contributed by atoms with Gasteiger partial charge in [-0.1, -0.05) is 23.7 Å². The van der Waals surface area contributed by atoms with Gasteiger partial charge in [-0.25, -0.2) is 4.98 Å². The minimum atomic E-state index is 0.495. The molecule has 0 amide bonds. The summed E-state index contributed by atoms with van der Waals surface area (Å²) in [6.07, 6.45) is 1.67. The van der Waals surface area contributed by atoms with Gasteiger partial charge in [0.25, 0.3) is 0 Å². The SMILES string of the molecule is Cc1ccc(-c2csc(C(C#N)=CNc3ccc(Cl)cc3)n2)cc1C. The smallest absolute Gasteiger partial charge is 0.136 e. The van der Waals surface area contributed by atoms with Gasteiger partial charge in [0.1, 0.15) is 16.6 Å². The summed E-state index contributed by atoms with van der Waals surface area (Å²) in [5.41, 5.74) is 5.79. The largest absolute Gasteiger partial charge is 0.360 e. The molecular weight excluding hydrogens is 350 g/mol. The second kappa shape index (κ2) is 7.52. The molecule has 0 atom stereocenters. The van der Waals surface area contributed by atoms with Gasteiger partial charge in [0.2, 0.25) is 0 Å². The highest BCUT2D eigenvalue weighted by atomic mass is 35.5. The Balaban J connectivity index is 1.83. The van der Waals surface area contributed by atoms with Crippen molar-refractivity contribution in [3.8, 4) is 17.3 Å². The van der Waals surface area contributed by atoms with Gasteiger partial charge in [-0.2, -0.15) is 5.26 Å². The molecule has 5 heteroatoms. The Labute approximate surface area is 156 Å². The molecule has 0 saturated carbocycles. The summed E-state index contributed by atoms with van der Waals surface area (Å²) in [7, 11) is 0. The molecular formula is C20H16ClN3S. The monoisotopic (exact) mass is 365 g/mol. The Morgan fingerprint density at radius 3 is 2.60 bits per heavy atom. The summed E-state index contributed by atoms with van der Waals surface area (Å²) in [5.74, 6) is 0. The number of thiazole rings is 1. The highest BCUT2D eigenvalue weighted by molar-refractivity contribution is 7.11. The van der Waals surface area contributed by atoms with Crippen molar-refractivity contribution in [3.05, 3.63) is 75.2 Å². The van der Waals surface area contributed by atoms with Crippen LogP contribution in [0, 0.1) is 25.2 Å². The molecule has 1 aromatic heterocycles. The lowest BCUT2D eigenvalue weighted by molar-refractivity contribution is 1.31. The molecule has 0 saturated heterocycles. The van der Waals surface area contributed by atoms with E-state index in [1.807, 2.05) is 17.5 Å². The second-order valence-corrected chi connectivity index (χ2v) is 6.95. The topological polar surface area (TPSA) is 48.7 Å². The van der Waals surface area contributed by atoms with Crippen LogP contribution in [0.1, 0.15) is 16.1 Å². The van der Waals surface area contributed by atoms with Crippen molar-refractivity contribution in [3.63, 3.8) is 0 Å². The summed E-state index contributed by atoms with van der Waals surface area (Å²) in [4.78, 5) is 4.62. The van der Waals surface area contributed by atoms with Gasteiger partial charge in [0, 0.05) is 27.9 Å². The van der Waals surface area contributed by atoms with Gasteiger partial charge in [-0.05, 0) is 55.3 Å². The van der Waals surface area contributed by atoms with Crippen LogP contribution in [0.25, 0.3) is 16.8 Å². The predicted molar refractivity (Wildman–Crippen MR) is 106 cm³/mol. The molecule has 0 aliphatic carbocycles. The number of halogens is 1. The summed E-state index contributed by atoms with van der Waals surface area (Å²) in [6.45, 7) is 4.17. The van der Waals surface area contributed by atoms with Crippen LogP contribution in [0.2, 0.25) is 5.02 Å². The summed E-state index contributed by atoms with van der Waals surface area (Å²) in [6, 6.07) is 15.8. The Morgan fingerprint density at radius 2 is 1.92 bits per heavy atom. The van der Waals surface area contributed by atoms with Gasteiger partial charge in [0.15, 0.2) is 0 Å². The molecule has 0 bridgehead atoms. The van der Waals surface area contributed by atoms with E-state index in [2.05, 4.69) is 48.4 Å². The Hall–Kier alpha value is -2.61. The Bertz CT molecular complexity index is 965. The van der Waals surface area contributed by atoms with Crippen molar-refractivity contribution in [2.24, 2.45) is 0 Å². The number of aromatic nitrogens is 1. The first kappa shape index (κ1) is 17.2. The van der Waals surface area contributed by atoms with E-state index in [0.29, 0.717) is 15.6 Å². The fraction of sp³-hybridized carbons (Fsp3) is 0.100. The summed E-state index contributed by atoms with van der Waals surface area (Å²) < 4.78 is 0. The zero-order chi connectivity index (χ0) is 17.8. The molecule has 124 valence electrons. The zero-order valence-corrected chi connectivity index (χ0v) is 15.4. The first-order valence-corrected chi connectivity index (χ1v) is 8.98. The molecule has 0 aliphatic rings. The molecule has 0 spiro atoms. The quantitative estimate of drug-likeness (QED) is 0.572. The molecule has 2 aromatic carbocycles. The number of rotatable bonds is 4. The fourth-order valence-electron chi connectivity index (χ4n) is 2.27. The van der Waals surface area contributed by atoms with Crippen molar-refractivity contribution in [1.29, 1.82) is 5.26 Å². The van der Waals surface area contributed by atoms with Crippen LogP contribution < -0.4 is 5.32 Å². The molecule has 3 rings (SSSR count). The van der Waals surface area contributed by atoms with E-state index < -0.39 is 0 Å². The van der Waals surface area contributed by atoms with Gasteiger partial charge in [0.05, 0.1) is 5.69 Å². The summed E-state index contributed by atoms with van der Waals surface area (Å²) in [5, 5.41) is 15.9. The van der Waals surface area contributed by atoms with Crippen LogP contribution in [0.5, 0.6) is 0 Å². The molecule has 25 heavy (non-hydrogen) atoms. The van der Waals surface area contributed by atoms with E-state index in [9.17, 15) is 5.26 Å². The van der Waals surface area contributed by atoms with Crippen molar-refractivity contribution in [2.75, 3.05) is 5.32 Å². The Kier molecular flexibility index (Phi) is 5.18. The van der Waals surface area contributed by atoms with Gasteiger partial charge in [-0.15, -0.1) is 11.3 Å². The van der Waals surface area contributed by atoms with Gasteiger partial charge in [-0.3, -0.25) is 0 Å². The lowest BCUT2D eigenvalue weighted by Crippen LogP contribution is -1.91. The van der Waals surface area contributed by atoms with Crippen LogP contribution >= 0.6 is 22.9 Å². The molecule has 1 heterocycles. The summed E-state index contributed by atoms with van der Waals surface area (Å²) >= 11 is 7.34. The third kappa shape index (κ3) is 4.08. The van der Waals surface area contributed by atoms with E-state index in [1.165, 1.54) is 22.5 Å². The standard InChI is InChI=1S/C20H16ClN3S/c1-13-3-4-15(9-14(13)2)19-12-25-20(24-19)16(10-22)11-23-18-7-5-17(21)6-8-18/h3-9,11-12,23H,1-2H3. The first-order valence-electron chi connectivity index (χ1n) is 7.73. The van der Waals surface area contributed by atoms with Crippen molar-refractivity contribution >= 4 is 34.2 Å². The minimum Gasteiger partial charge on any atom is -0.360 e. The molecule has 1 N–H and O–H groups in total. The number of hydrogen-bond donors (Lipinski definition) is 1. The van der Waals surface area contributed by atoms with Gasteiger partial charge >= 0.3 is 0 Å². The molecule has 0 aliphatic heterocycles. The molecule has 3 nitrogen and oxygen atoms in total. The third-order valence-corrected chi connectivity index (χ3v) is 5.01. The first-order chi connectivity index (χ1) is 12.1. The van der Waals surface area contributed by atoms with E-state index >= 15 is 0 Å². The highest BCUT2D eigenvalue weighted by Gasteiger charge is 2.09. The fourth-order valence-corrected chi connectivity index (χ4v) is 3.19. The van der Waals surface area contributed by atoms with E-state index in [4.69, 9.17) is 11.6 Å². The lowest BCUT2D eigenvalue weighted by atomic mass is 10.1. The maximum absolute atomic E-state index is 9.45. The number of aryl methyl sites for hydroxylation is 2. The zero-order valence-electron chi connectivity index (χ0n) is 13.9. The number of nitrogens with zero attached hydrogens (tertiary/aromatic N) is 2. The van der Waals surface area contributed by atoms with Crippen LogP contribution in [0.4, 0.5) is 5.69 Å². The molecule has 0 fully saturated rings. The number of allylic oxidation sites excluding steroid dienone is 1. The highest BCUT2D eigenvalue weighted by Crippen LogP contribution is 2.27. The number of nitrogens with one attached hydrogen (secondary N) is 1. The molecule has 0 radical (unpaired) electrons. The van der Waals surface area contributed by atoms with Crippen molar-refractivity contribution in [2.45, 2.75) is 13.8 Å². The predicted octanol–water partition coefficient (Wildman–Crippen LogP) is 6.06. The van der Waals surface area contributed by atoms with Gasteiger partial charge < -0.3 is 5.32 Å². The molecule has 3 aromatic rings. The van der Waals surface area contributed by atoms with Crippen molar-refractivity contribution < 1.29 is 0 Å². The average Bonchev–Trinajstić information content (AvgIpc) is 3.09. The van der Waals surface area contributed by atoms with E-state index in [1.54, 1.807) is 18.3 Å². The van der Waals surface area contributed by atoms with Crippen molar-refractivity contribution in [1.82, 2.24) is 4.98 Å². The van der Waals surface area contributed by atoms with Crippen LogP contribution in [-0.2, 0) is 0 Å². The minimum absolute atomic E-state index is 0.495. The van der Waals surface area contributed by atoms with Crippen LogP contribution in [-0.4, -0.2) is 4.98 Å². The Morgan fingerprint density at radius 1 is 1.16 bits per heavy atom. The van der Waals surface area contributed by atoms with Crippen LogP contribution in [0.15, 0.2) is 54.0 Å². The molecule has 0 unspecified atom stereocenters. The second-order valence-electron chi connectivity index (χ2n) is 5.66. The third-order valence-electron chi connectivity index (χ3n) is 3.89. The lowest BCUT2D eigenvalue weighted by Gasteiger charge is -2.02. The maximum Gasteiger partial charge on any atom is 0.136 e. The van der Waals surface area contributed by atoms with E-state index in [-0.39, 0.29) is 0 Å². The normalized spacial score (nSPS) is 11.2. The number of nitriles is 1. The number of hydrogen-bond acceptors (Lipinski definition) is 4. The average molecular weight is 366 g/mol. The van der Waals surface area contributed by atoms with E-state index in [0.717, 1.165) is 16.9 Å². The number of anilines is 1.